The average Bonchev–Trinajstić information content (AvgIpc) is 0.784. The largest absolute Gasteiger partial charge is 0.506 e. The highest BCUT2D eigenvalue weighted by Crippen LogP contribution is 2.47. The summed E-state index contributed by atoms with van der Waals surface area (Å²) in [7, 11) is -16.5. The minimum atomic E-state index is -4.75. The number of benzene rings is 6. The van der Waals surface area contributed by atoms with Gasteiger partial charge in [0.05, 0.1) is 61.9 Å². The molecule has 0 aromatic heterocycles. The third kappa shape index (κ3) is 20.8. The number of rotatable bonds is 36. The molecule has 1 amide bonds. The van der Waals surface area contributed by atoms with Crippen LogP contribution in [0.4, 0.5) is 34.1 Å². The van der Waals surface area contributed by atoms with Crippen LogP contribution in [-0.4, -0.2) is 83.0 Å². The first-order valence-electron chi connectivity index (χ1n) is 30.6. The van der Waals surface area contributed by atoms with Gasteiger partial charge in [0.2, 0.25) is 5.91 Å². The van der Waals surface area contributed by atoms with E-state index in [-0.39, 0.29) is 91.9 Å². The number of nitrogens with zero attached hydrogens (tertiary/aromatic N) is 3. The van der Waals surface area contributed by atoms with Crippen LogP contribution in [0, 0.1) is 16.7 Å². The predicted molar refractivity (Wildman–Crippen MR) is 357 cm³/mol. The zero-order valence-electron chi connectivity index (χ0n) is 53.4. The summed E-state index contributed by atoms with van der Waals surface area (Å²) in [6.07, 6.45) is 18.4. The summed E-state index contributed by atoms with van der Waals surface area (Å²) in [5, 5.41) is 43.9. The maximum atomic E-state index is 14.7. The molecule has 0 saturated carbocycles. The van der Waals surface area contributed by atoms with Gasteiger partial charge in [-0.25, -0.2) is 33.7 Å². The molecule has 0 aliphatic heterocycles. The molecule has 0 heterocycles. The minimum absolute atomic E-state index is 0.0158. The highest BCUT2D eigenvalue weighted by atomic mass is 32.2. The minimum Gasteiger partial charge on any atom is -0.506 e. The van der Waals surface area contributed by atoms with Gasteiger partial charge in [0.1, 0.15) is 46.3 Å². The maximum absolute atomic E-state index is 14.7. The van der Waals surface area contributed by atoms with Crippen LogP contribution in [-0.2, 0) is 54.9 Å². The number of carbonyl (C=O) groups is 1. The van der Waals surface area contributed by atoms with E-state index in [0.717, 1.165) is 62.3 Å². The van der Waals surface area contributed by atoms with Crippen LogP contribution in [0.25, 0.3) is 10.8 Å². The van der Waals surface area contributed by atoms with Gasteiger partial charge in [-0.1, -0.05) is 150 Å². The summed E-state index contributed by atoms with van der Waals surface area (Å²) in [6, 6.07) is 21.6. The molecule has 0 aliphatic carbocycles. The smallest absolute Gasteiger partial charge is 0.265 e. The second kappa shape index (κ2) is 32.2. The highest BCUT2D eigenvalue weighted by molar-refractivity contribution is 7.94. The standard InChI is InChI=1S/C66H87N7O14S4/c1-10-12-13-14-15-16-17-18-19-20-21-22-23-24-35-86-60-43-55(58(74)41-52(60)66(6,7)45-65(3,4)5)73-91(83,84)61-39-47(31-34-59(61)87-37-36-85-8)71-89(79,80)49-27-25-28-50(40-49)90(81,82)72-54-30-26-29-51-63(54)56(42-57(64(51)76)68-62(75)11-2)70-69-53-33-32-48(88(9,77)78)38-46(53)44-67/h25-34,38-43,71-74,76H,10-24,35-37,45H2,1-9H3,(H,68,75). The lowest BCUT2D eigenvalue weighted by molar-refractivity contribution is -0.115. The Morgan fingerprint density at radius 2 is 1.16 bits per heavy atom. The molecule has 6 N–H and O–H groups in total. The fraction of sp³-hybridized carbons (Fsp3) is 0.455. The Bertz CT molecular complexity index is 4070. The van der Waals surface area contributed by atoms with Gasteiger partial charge in [0.25, 0.3) is 30.1 Å². The van der Waals surface area contributed by atoms with Gasteiger partial charge in [0.15, 0.2) is 9.84 Å². The Morgan fingerprint density at radius 3 is 1.76 bits per heavy atom. The molecule has 0 atom stereocenters. The van der Waals surface area contributed by atoms with Crippen molar-refractivity contribution in [1.82, 2.24) is 0 Å². The molecule has 0 radical (unpaired) electrons. The summed E-state index contributed by atoms with van der Waals surface area (Å²) in [5.41, 5.74) is -1.11. The molecule has 6 aromatic carbocycles. The SMILES string of the molecule is CCCCCCCCCCCCCCCCOc1cc(NS(=O)(=O)c2cc(NS(=O)(=O)c3cccc(S(=O)(=O)Nc4cccc5c(O)c(NC(=O)CC)cc(N=Nc6ccc(S(C)(=O)=O)cc6C#N)c45)c3)ccc2OCCOC)c(O)cc1C(C)(C)CC(C)(C)C. The van der Waals surface area contributed by atoms with E-state index in [4.69, 9.17) is 14.2 Å². The Morgan fingerprint density at radius 1 is 0.582 bits per heavy atom. The zero-order chi connectivity index (χ0) is 66.8. The molecule has 25 heteroatoms. The number of unbranched alkanes of at least 4 members (excludes halogenated alkanes) is 13. The summed E-state index contributed by atoms with van der Waals surface area (Å²) in [5.74, 6) is -1.14. The number of sulfonamides is 3. The summed E-state index contributed by atoms with van der Waals surface area (Å²) in [4.78, 5) is 10.8. The molecule has 6 aromatic rings. The molecule has 6 rings (SSSR count). The van der Waals surface area contributed by atoms with Crippen LogP contribution < -0.4 is 29.0 Å². The van der Waals surface area contributed by atoms with Crippen LogP contribution in [0.3, 0.4) is 0 Å². The molecular weight excluding hydrogens is 1240 g/mol. The van der Waals surface area contributed by atoms with E-state index in [1.165, 1.54) is 138 Å². The Kier molecular flexibility index (Phi) is 25.7. The van der Waals surface area contributed by atoms with Crippen LogP contribution in [0.5, 0.6) is 23.0 Å². The van der Waals surface area contributed by atoms with Crippen molar-refractivity contribution in [3.05, 3.63) is 108 Å². The van der Waals surface area contributed by atoms with Gasteiger partial charge in [-0.15, -0.1) is 10.2 Å². The molecule has 0 spiro atoms. The number of fused-ring (bicyclic) bond motifs is 1. The normalized spacial score (nSPS) is 12.4. The fourth-order valence-corrected chi connectivity index (χ4v) is 14.9. The number of hydrogen-bond acceptors (Lipinski definition) is 17. The third-order valence-electron chi connectivity index (χ3n) is 15.0. The van der Waals surface area contributed by atoms with Gasteiger partial charge in [-0.05, 0) is 96.5 Å². The van der Waals surface area contributed by atoms with Crippen molar-refractivity contribution in [2.45, 2.75) is 176 Å². The number of sulfone groups is 1. The fourth-order valence-electron chi connectivity index (χ4n) is 10.7. The van der Waals surface area contributed by atoms with Crippen molar-refractivity contribution in [2.24, 2.45) is 15.6 Å². The van der Waals surface area contributed by atoms with Crippen LogP contribution in [0.1, 0.15) is 162 Å². The number of anilines is 4. The Balaban J connectivity index is 1.26. The van der Waals surface area contributed by atoms with Gasteiger partial charge < -0.3 is 29.7 Å². The molecule has 0 saturated heterocycles. The molecule has 21 nitrogen and oxygen atoms in total. The number of aromatic hydroxyl groups is 2. The van der Waals surface area contributed by atoms with Crippen molar-refractivity contribution in [3.8, 4) is 29.1 Å². The molecule has 91 heavy (non-hydrogen) atoms. The van der Waals surface area contributed by atoms with Crippen LogP contribution in [0.2, 0.25) is 0 Å². The van der Waals surface area contributed by atoms with Gasteiger partial charge >= 0.3 is 0 Å². The molecule has 0 bridgehead atoms. The molecule has 0 aliphatic rings. The number of azo groups is 1. The summed E-state index contributed by atoms with van der Waals surface area (Å²) < 4.78 is 136. The molecule has 0 fully saturated rings. The topological polar surface area (TPSA) is 318 Å². The second-order valence-electron chi connectivity index (χ2n) is 24.4. The monoisotopic (exact) mass is 1330 g/mol. The van der Waals surface area contributed by atoms with E-state index >= 15 is 0 Å². The zero-order valence-corrected chi connectivity index (χ0v) is 56.7. The first kappa shape index (κ1) is 72.6. The predicted octanol–water partition coefficient (Wildman–Crippen LogP) is 15.3. The summed E-state index contributed by atoms with van der Waals surface area (Å²) >= 11 is 0. The van der Waals surface area contributed by atoms with E-state index in [9.17, 15) is 53.9 Å². The number of ether oxygens (including phenoxy) is 3. The van der Waals surface area contributed by atoms with Crippen LogP contribution >= 0.6 is 0 Å². The third-order valence-corrected chi connectivity index (χ3v) is 20.2. The van der Waals surface area contributed by atoms with Gasteiger partial charge in [-0.2, -0.15) is 5.26 Å². The number of phenols is 2. The first-order valence-corrected chi connectivity index (χ1v) is 37.0. The Hall–Kier alpha value is -7.50. The van der Waals surface area contributed by atoms with E-state index < -0.39 is 71.7 Å². The number of methoxy groups -OCH3 is 1. The van der Waals surface area contributed by atoms with Crippen molar-refractivity contribution >= 4 is 90.7 Å². The number of nitrogens with one attached hydrogen (secondary N) is 4. The maximum Gasteiger partial charge on any atom is 0.265 e. The van der Waals surface area contributed by atoms with E-state index in [0.29, 0.717) is 24.3 Å². The number of hydrogen-bond donors (Lipinski definition) is 6. The number of amides is 1. The van der Waals surface area contributed by atoms with Crippen molar-refractivity contribution in [3.63, 3.8) is 0 Å². The second-order valence-corrected chi connectivity index (χ2v) is 31.4. The van der Waals surface area contributed by atoms with Crippen LogP contribution in [0.15, 0.2) is 127 Å². The van der Waals surface area contributed by atoms with Gasteiger partial charge in [0, 0.05) is 42.2 Å². The number of phenolic OH excluding ortho intramolecular Hbond substituents is 2. The van der Waals surface area contributed by atoms with E-state index in [1.807, 2.05) is 19.9 Å². The lowest BCUT2D eigenvalue weighted by Gasteiger charge is -2.34. The number of nitriles is 1. The number of carbonyl (C=O) groups excluding carboxylic acids is 1. The molecular formula is C66H87N7O14S4. The van der Waals surface area contributed by atoms with Crippen molar-refractivity contribution < 1.29 is 62.9 Å². The van der Waals surface area contributed by atoms with Crippen molar-refractivity contribution in [2.75, 3.05) is 52.7 Å². The highest BCUT2D eigenvalue weighted by Gasteiger charge is 2.33. The average molecular weight is 1330 g/mol. The first-order chi connectivity index (χ1) is 42.9. The Labute approximate surface area is 537 Å². The van der Waals surface area contributed by atoms with Crippen molar-refractivity contribution in [1.29, 1.82) is 5.26 Å². The quantitative estimate of drug-likeness (QED) is 0.0121. The lowest BCUT2D eigenvalue weighted by atomic mass is 9.72. The van der Waals surface area contributed by atoms with E-state index in [1.54, 1.807) is 6.92 Å². The lowest BCUT2D eigenvalue weighted by Crippen LogP contribution is -2.26. The molecule has 494 valence electrons. The molecule has 0 unspecified atom stereocenters. The summed E-state index contributed by atoms with van der Waals surface area (Å²) in [6.45, 7) is 14.6. The van der Waals surface area contributed by atoms with E-state index in [2.05, 4.69) is 57.4 Å². The van der Waals surface area contributed by atoms with Gasteiger partial charge in [-0.3, -0.25) is 19.0 Å².